The van der Waals surface area contributed by atoms with Gasteiger partial charge in [0.25, 0.3) is 0 Å². The van der Waals surface area contributed by atoms with Crippen LogP contribution in [0, 0.1) is 5.92 Å². The van der Waals surface area contributed by atoms with Crippen molar-refractivity contribution in [1.82, 2.24) is 0 Å². The van der Waals surface area contributed by atoms with E-state index in [0.29, 0.717) is 10.0 Å². The van der Waals surface area contributed by atoms with Crippen LogP contribution in [0.3, 0.4) is 0 Å². The second-order valence-electron chi connectivity index (χ2n) is 3.95. The predicted octanol–water partition coefficient (Wildman–Crippen LogP) is 3.79. The van der Waals surface area contributed by atoms with Crippen LogP contribution in [-0.4, -0.2) is 0 Å². The van der Waals surface area contributed by atoms with Crippen molar-refractivity contribution < 1.29 is 0 Å². The Labute approximate surface area is 94.2 Å². The summed E-state index contributed by atoms with van der Waals surface area (Å²) in [5.74, 6) is 0.816. The van der Waals surface area contributed by atoms with Crippen molar-refractivity contribution in [1.29, 1.82) is 0 Å². The molecule has 1 aromatic carbocycles. The summed E-state index contributed by atoms with van der Waals surface area (Å²) >= 11 is 11.9. The van der Waals surface area contributed by atoms with Gasteiger partial charge in [-0.05, 0) is 30.0 Å². The Hall–Kier alpha value is -0.240. The van der Waals surface area contributed by atoms with Crippen molar-refractivity contribution in [3.63, 3.8) is 0 Å². The number of hydrogen-bond acceptors (Lipinski definition) is 1. The molecule has 0 amide bonds. The van der Waals surface area contributed by atoms with Crippen LogP contribution in [-0.2, 0) is 0 Å². The number of rotatable bonds is 3. The van der Waals surface area contributed by atoms with Gasteiger partial charge < -0.3 is 5.73 Å². The van der Waals surface area contributed by atoms with E-state index >= 15 is 0 Å². The first kappa shape index (κ1) is 10.3. The number of hydrogen-bond donors (Lipinski definition) is 1. The van der Waals surface area contributed by atoms with Crippen LogP contribution in [0.5, 0.6) is 0 Å². The van der Waals surface area contributed by atoms with Gasteiger partial charge in [0.1, 0.15) is 0 Å². The van der Waals surface area contributed by atoms with Gasteiger partial charge in [0, 0.05) is 16.1 Å². The molecule has 0 heterocycles. The lowest BCUT2D eigenvalue weighted by Crippen LogP contribution is -2.11. The molecular formula is C11H13Cl2N. The molecule has 1 saturated carbocycles. The monoisotopic (exact) mass is 229 g/mol. The first-order valence-electron chi connectivity index (χ1n) is 4.87. The van der Waals surface area contributed by atoms with E-state index in [9.17, 15) is 0 Å². The van der Waals surface area contributed by atoms with Crippen molar-refractivity contribution in [2.45, 2.75) is 25.3 Å². The van der Waals surface area contributed by atoms with Gasteiger partial charge in [0.2, 0.25) is 0 Å². The highest BCUT2D eigenvalue weighted by molar-refractivity contribution is 6.35. The smallest absolute Gasteiger partial charge is 0.0468 e. The van der Waals surface area contributed by atoms with Crippen LogP contribution in [0.2, 0.25) is 10.0 Å². The van der Waals surface area contributed by atoms with Crippen LogP contribution >= 0.6 is 23.2 Å². The summed E-state index contributed by atoms with van der Waals surface area (Å²) in [6, 6.07) is 5.59. The average molecular weight is 230 g/mol. The first-order chi connectivity index (χ1) is 6.66. The van der Waals surface area contributed by atoms with E-state index < -0.39 is 0 Å². The van der Waals surface area contributed by atoms with Crippen molar-refractivity contribution in [2.24, 2.45) is 11.7 Å². The lowest BCUT2D eigenvalue weighted by Gasteiger charge is -2.13. The Balaban J connectivity index is 2.13. The Morgan fingerprint density at radius 1 is 1.36 bits per heavy atom. The summed E-state index contributed by atoms with van der Waals surface area (Å²) < 4.78 is 0. The SMILES string of the molecule is N[C@@H](CC1CC1)c1ccc(Cl)cc1Cl. The van der Waals surface area contributed by atoms with E-state index in [-0.39, 0.29) is 6.04 Å². The fraction of sp³-hybridized carbons (Fsp3) is 0.455. The highest BCUT2D eigenvalue weighted by Gasteiger charge is 2.25. The molecule has 14 heavy (non-hydrogen) atoms. The Morgan fingerprint density at radius 3 is 2.64 bits per heavy atom. The van der Waals surface area contributed by atoms with E-state index in [1.165, 1.54) is 12.8 Å². The van der Waals surface area contributed by atoms with Gasteiger partial charge in [-0.15, -0.1) is 0 Å². The van der Waals surface area contributed by atoms with Crippen LogP contribution in [0.4, 0.5) is 0 Å². The molecule has 0 aromatic heterocycles. The number of halogens is 2. The maximum Gasteiger partial charge on any atom is 0.0468 e. The fourth-order valence-electron chi connectivity index (χ4n) is 1.64. The number of nitrogens with two attached hydrogens (primary N) is 1. The molecule has 1 atom stereocenters. The summed E-state index contributed by atoms with van der Waals surface area (Å²) in [7, 11) is 0. The van der Waals surface area contributed by atoms with Crippen LogP contribution < -0.4 is 5.73 Å². The Kier molecular flexibility index (Phi) is 3.01. The lowest BCUT2D eigenvalue weighted by atomic mass is 10.0. The quantitative estimate of drug-likeness (QED) is 0.839. The van der Waals surface area contributed by atoms with Gasteiger partial charge in [0.15, 0.2) is 0 Å². The zero-order chi connectivity index (χ0) is 10.1. The van der Waals surface area contributed by atoms with Crippen molar-refractivity contribution in [3.8, 4) is 0 Å². The second kappa shape index (κ2) is 4.09. The van der Waals surface area contributed by atoms with E-state index in [1.54, 1.807) is 6.07 Å². The third-order valence-electron chi connectivity index (χ3n) is 2.65. The zero-order valence-electron chi connectivity index (χ0n) is 7.84. The summed E-state index contributed by atoms with van der Waals surface area (Å²) in [5, 5.41) is 1.35. The highest BCUT2D eigenvalue weighted by atomic mass is 35.5. The molecule has 2 N–H and O–H groups in total. The minimum atomic E-state index is 0.0623. The van der Waals surface area contributed by atoms with Crippen LogP contribution in [0.15, 0.2) is 18.2 Å². The van der Waals surface area contributed by atoms with Gasteiger partial charge in [-0.1, -0.05) is 42.1 Å². The highest BCUT2D eigenvalue weighted by Crippen LogP contribution is 2.38. The third kappa shape index (κ3) is 2.41. The summed E-state index contributed by atoms with van der Waals surface area (Å²) in [4.78, 5) is 0. The number of benzene rings is 1. The summed E-state index contributed by atoms with van der Waals surface area (Å²) in [6.07, 6.45) is 3.68. The molecule has 1 aliphatic rings. The molecule has 76 valence electrons. The van der Waals surface area contributed by atoms with Gasteiger partial charge in [-0.2, -0.15) is 0 Å². The molecule has 2 rings (SSSR count). The molecular weight excluding hydrogens is 217 g/mol. The van der Waals surface area contributed by atoms with E-state index in [0.717, 1.165) is 17.9 Å². The largest absolute Gasteiger partial charge is 0.324 e. The fourth-order valence-corrected chi connectivity index (χ4v) is 2.19. The summed E-state index contributed by atoms with van der Waals surface area (Å²) in [6.45, 7) is 0. The Morgan fingerprint density at radius 2 is 2.07 bits per heavy atom. The molecule has 1 aromatic rings. The minimum absolute atomic E-state index is 0.0623. The topological polar surface area (TPSA) is 26.0 Å². The normalized spacial score (nSPS) is 18.2. The van der Waals surface area contributed by atoms with Gasteiger partial charge >= 0.3 is 0 Å². The van der Waals surface area contributed by atoms with Crippen LogP contribution in [0.25, 0.3) is 0 Å². The van der Waals surface area contributed by atoms with Crippen LogP contribution in [0.1, 0.15) is 30.9 Å². The van der Waals surface area contributed by atoms with Gasteiger partial charge in [0.05, 0.1) is 0 Å². The average Bonchev–Trinajstić information content (AvgIpc) is 2.87. The molecule has 0 radical (unpaired) electrons. The lowest BCUT2D eigenvalue weighted by molar-refractivity contribution is 0.597. The standard InChI is InChI=1S/C11H13Cl2N/c12-8-3-4-9(10(13)6-8)11(14)5-7-1-2-7/h3-4,6-7,11H,1-2,5,14H2/t11-/m0/s1. The maximum absolute atomic E-state index is 6.06. The zero-order valence-corrected chi connectivity index (χ0v) is 9.35. The second-order valence-corrected chi connectivity index (χ2v) is 4.80. The molecule has 0 unspecified atom stereocenters. The minimum Gasteiger partial charge on any atom is -0.324 e. The van der Waals surface area contributed by atoms with E-state index in [4.69, 9.17) is 28.9 Å². The third-order valence-corrected chi connectivity index (χ3v) is 3.21. The molecule has 3 heteroatoms. The predicted molar refractivity (Wildman–Crippen MR) is 60.7 cm³/mol. The van der Waals surface area contributed by atoms with Crippen molar-refractivity contribution >= 4 is 23.2 Å². The molecule has 0 aliphatic heterocycles. The first-order valence-corrected chi connectivity index (χ1v) is 5.63. The van der Waals surface area contributed by atoms with Gasteiger partial charge in [-0.3, -0.25) is 0 Å². The van der Waals surface area contributed by atoms with E-state index in [1.807, 2.05) is 12.1 Å². The molecule has 0 spiro atoms. The molecule has 1 aliphatic carbocycles. The molecule has 1 nitrogen and oxygen atoms in total. The Bertz CT molecular complexity index is 334. The molecule has 0 saturated heterocycles. The molecule has 1 fully saturated rings. The molecule has 0 bridgehead atoms. The maximum atomic E-state index is 6.06. The van der Waals surface area contributed by atoms with Gasteiger partial charge in [-0.25, -0.2) is 0 Å². The van der Waals surface area contributed by atoms with Crippen molar-refractivity contribution in [2.75, 3.05) is 0 Å². The van der Waals surface area contributed by atoms with Crippen molar-refractivity contribution in [3.05, 3.63) is 33.8 Å². The summed E-state index contributed by atoms with van der Waals surface area (Å²) in [5.41, 5.74) is 7.08. The van der Waals surface area contributed by atoms with E-state index in [2.05, 4.69) is 0 Å².